The third kappa shape index (κ3) is 4.34. The highest BCUT2D eigenvalue weighted by atomic mass is 16.5. The fraction of sp³-hybridized carbons (Fsp3) is 0.833. The van der Waals surface area contributed by atoms with E-state index in [0.717, 1.165) is 12.8 Å². The molecule has 5 heteroatoms. The fourth-order valence-corrected chi connectivity index (χ4v) is 1.79. The summed E-state index contributed by atoms with van der Waals surface area (Å²) < 4.78 is 5.30. The molecule has 0 aromatic heterocycles. The van der Waals surface area contributed by atoms with Crippen molar-refractivity contribution < 1.29 is 19.4 Å². The molecule has 2 N–H and O–H groups in total. The van der Waals surface area contributed by atoms with Gasteiger partial charge >= 0.3 is 5.97 Å². The SMILES string of the molecule is CCCCC(NC(=O)C1CC1OCC)C(=O)O. The second-order valence-corrected chi connectivity index (χ2v) is 4.38. The van der Waals surface area contributed by atoms with Crippen LogP contribution < -0.4 is 5.32 Å². The summed E-state index contributed by atoms with van der Waals surface area (Å²) in [4.78, 5) is 22.7. The minimum absolute atomic E-state index is 0.0133. The lowest BCUT2D eigenvalue weighted by molar-refractivity contribution is -0.142. The topological polar surface area (TPSA) is 75.6 Å². The molecule has 0 spiro atoms. The molecular formula is C12H21NO4. The maximum absolute atomic E-state index is 11.7. The smallest absolute Gasteiger partial charge is 0.326 e. The van der Waals surface area contributed by atoms with Crippen molar-refractivity contribution in [3.8, 4) is 0 Å². The number of aliphatic carboxylic acids is 1. The van der Waals surface area contributed by atoms with Crippen LogP contribution in [-0.4, -0.2) is 35.7 Å². The van der Waals surface area contributed by atoms with E-state index in [4.69, 9.17) is 9.84 Å². The van der Waals surface area contributed by atoms with Crippen molar-refractivity contribution in [3.63, 3.8) is 0 Å². The van der Waals surface area contributed by atoms with Gasteiger partial charge in [0, 0.05) is 6.61 Å². The molecule has 0 aromatic carbocycles. The molecule has 3 unspecified atom stereocenters. The Balaban J connectivity index is 2.35. The van der Waals surface area contributed by atoms with Gasteiger partial charge in [0.15, 0.2) is 0 Å². The summed E-state index contributed by atoms with van der Waals surface area (Å²) in [6, 6.07) is -0.759. The van der Waals surface area contributed by atoms with Gasteiger partial charge in [-0.2, -0.15) is 0 Å². The Hall–Kier alpha value is -1.10. The van der Waals surface area contributed by atoms with Gasteiger partial charge in [0.2, 0.25) is 5.91 Å². The number of carbonyl (C=O) groups is 2. The van der Waals surface area contributed by atoms with Crippen LogP contribution in [0.15, 0.2) is 0 Å². The first-order chi connectivity index (χ1) is 8.10. The Morgan fingerprint density at radius 1 is 1.47 bits per heavy atom. The van der Waals surface area contributed by atoms with Crippen molar-refractivity contribution in [1.29, 1.82) is 0 Å². The molecule has 3 atom stereocenters. The quantitative estimate of drug-likeness (QED) is 0.671. The molecule has 0 aliphatic heterocycles. The van der Waals surface area contributed by atoms with Crippen LogP contribution in [0, 0.1) is 5.92 Å². The molecule has 0 heterocycles. The van der Waals surface area contributed by atoms with E-state index in [1.807, 2.05) is 13.8 Å². The molecule has 0 aromatic rings. The minimum atomic E-state index is -0.958. The number of hydrogen-bond donors (Lipinski definition) is 2. The highest BCUT2D eigenvalue weighted by molar-refractivity contribution is 5.87. The van der Waals surface area contributed by atoms with Crippen molar-refractivity contribution in [1.82, 2.24) is 5.32 Å². The van der Waals surface area contributed by atoms with Gasteiger partial charge in [-0.25, -0.2) is 4.79 Å². The molecule has 1 aliphatic carbocycles. The predicted octanol–water partition coefficient (Wildman–Crippen LogP) is 1.17. The Morgan fingerprint density at radius 2 is 2.18 bits per heavy atom. The Kier molecular flexibility index (Phi) is 5.41. The molecule has 1 amide bonds. The number of ether oxygens (including phenoxy) is 1. The van der Waals surface area contributed by atoms with Crippen LogP contribution in [0.1, 0.15) is 39.5 Å². The number of nitrogens with one attached hydrogen (secondary N) is 1. The molecule has 1 saturated carbocycles. The van der Waals surface area contributed by atoms with Gasteiger partial charge in [-0.1, -0.05) is 19.8 Å². The summed E-state index contributed by atoms with van der Waals surface area (Å²) in [5.74, 6) is -1.30. The van der Waals surface area contributed by atoms with Gasteiger partial charge in [-0.15, -0.1) is 0 Å². The summed E-state index contributed by atoms with van der Waals surface area (Å²) in [5, 5.41) is 11.6. The molecule has 0 radical (unpaired) electrons. The van der Waals surface area contributed by atoms with Crippen LogP contribution >= 0.6 is 0 Å². The van der Waals surface area contributed by atoms with Crippen LogP contribution in [0.4, 0.5) is 0 Å². The van der Waals surface area contributed by atoms with Crippen LogP contribution in [0.5, 0.6) is 0 Å². The zero-order valence-corrected chi connectivity index (χ0v) is 10.4. The van der Waals surface area contributed by atoms with E-state index in [2.05, 4.69) is 5.32 Å². The van der Waals surface area contributed by atoms with Crippen molar-refractivity contribution in [2.24, 2.45) is 5.92 Å². The molecule has 1 rings (SSSR count). The van der Waals surface area contributed by atoms with E-state index < -0.39 is 12.0 Å². The van der Waals surface area contributed by atoms with Crippen molar-refractivity contribution in [2.75, 3.05) is 6.61 Å². The number of unbranched alkanes of at least 4 members (excludes halogenated alkanes) is 1. The second kappa shape index (κ2) is 6.59. The molecule has 5 nitrogen and oxygen atoms in total. The molecular weight excluding hydrogens is 222 g/mol. The van der Waals surface area contributed by atoms with E-state index in [0.29, 0.717) is 19.4 Å². The zero-order valence-electron chi connectivity index (χ0n) is 10.4. The molecule has 1 fully saturated rings. The summed E-state index contributed by atoms with van der Waals surface area (Å²) in [6.45, 7) is 4.47. The lowest BCUT2D eigenvalue weighted by Gasteiger charge is -2.13. The summed E-state index contributed by atoms with van der Waals surface area (Å²) in [6.07, 6.45) is 2.91. The average Bonchev–Trinajstić information content (AvgIpc) is 3.03. The predicted molar refractivity (Wildman–Crippen MR) is 62.6 cm³/mol. The van der Waals surface area contributed by atoms with Crippen molar-refractivity contribution in [2.45, 2.75) is 51.7 Å². The normalized spacial score (nSPS) is 24.1. The number of carbonyl (C=O) groups excluding carboxylic acids is 1. The third-order valence-electron chi connectivity index (χ3n) is 2.91. The van der Waals surface area contributed by atoms with E-state index >= 15 is 0 Å². The van der Waals surface area contributed by atoms with Crippen molar-refractivity contribution >= 4 is 11.9 Å². The fourth-order valence-electron chi connectivity index (χ4n) is 1.79. The monoisotopic (exact) mass is 243 g/mol. The second-order valence-electron chi connectivity index (χ2n) is 4.38. The van der Waals surface area contributed by atoms with E-state index in [1.54, 1.807) is 0 Å². The highest BCUT2D eigenvalue weighted by Gasteiger charge is 2.44. The van der Waals surface area contributed by atoms with Crippen LogP contribution in [0.2, 0.25) is 0 Å². The van der Waals surface area contributed by atoms with Gasteiger partial charge in [0.25, 0.3) is 0 Å². The number of rotatable bonds is 8. The summed E-state index contributed by atoms with van der Waals surface area (Å²) in [7, 11) is 0. The van der Waals surface area contributed by atoms with Crippen molar-refractivity contribution in [3.05, 3.63) is 0 Å². The molecule has 0 saturated heterocycles. The van der Waals surface area contributed by atoms with Crippen LogP contribution in [0.25, 0.3) is 0 Å². The Morgan fingerprint density at radius 3 is 2.71 bits per heavy atom. The van der Waals surface area contributed by atoms with E-state index in [-0.39, 0.29) is 17.9 Å². The van der Waals surface area contributed by atoms with Gasteiger partial charge < -0.3 is 15.2 Å². The number of carboxylic acid groups (broad SMARTS) is 1. The van der Waals surface area contributed by atoms with Gasteiger partial charge in [-0.05, 0) is 19.8 Å². The number of hydrogen-bond acceptors (Lipinski definition) is 3. The Labute approximate surface area is 102 Å². The average molecular weight is 243 g/mol. The lowest BCUT2D eigenvalue weighted by atomic mass is 10.1. The first-order valence-corrected chi connectivity index (χ1v) is 6.24. The lowest BCUT2D eigenvalue weighted by Crippen LogP contribution is -2.42. The maximum Gasteiger partial charge on any atom is 0.326 e. The molecule has 0 bridgehead atoms. The summed E-state index contributed by atoms with van der Waals surface area (Å²) >= 11 is 0. The van der Waals surface area contributed by atoms with Gasteiger partial charge in [0.1, 0.15) is 6.04 Å². The summed E-state index contributed by atoms with van der Waals surface area (Å²) in [5.41, 5.74) is 0. The first kappa shape index (κ1) is 14.0. The van der Waals surface area contributed by atoms with E-state index in [1.165, 1.54) is 0 Å². The number of amides is 1. The third-order valence-corrected chi connectivity index (χ3v) is 2.91. The van der Waals surface area contributed by atoms with Gasteiger partial charge in [0.05, 0.1) is 12.0 Å². The maximum atomic E-state index is 11.7. The molecule has 17 heavy (non-hydrogen) atoms. The van der Waals surface area contributed by atoms with Gasteiger partial charge in [-0.3, -0.25) is 4.79 Å². The minimum Gasteiger partial charge on any atom is -0.480 e. The zero-order chi connectivity index (χ0) is 12.8. The largest absolute Gasteiger partial charge is 0.480 e. The number of carboxylic acids is 1. The van der Waals surface area contributed by atoms with E-state index in [9.17, 15) is 9.59 Å². The molecule has 98 valence electrons. The first-order valence-electron chi connectivity index (χ1n) is 6.24. The van der Waals surface area contributed by atoms with Crippen LogP contribution in [0.3, 0.4) is 0 Å². The molecule has 1 aliphatic rings. The Bertz CT molecular complexity index is 280. The standard InChI is InChI=1S/C12H21NO4/c1-3-5-6-9(12(15)16)13-11(14)8-7-10(8)17-4-2/h8-10H,3-7H2,1-2H3,(H,13,14)(H,15,16). The van der Waals surface area contributed by atoms with Crippen LogP contribution in [-0.2, 0) is 14.3 Å². The highest BCUT2D eigenvalue weighted by Crippen LogP contribution is 2.33.